The van der Waals surface area contributed by atoms with Gasteiger partial charge in [-0.3, -0.25) is 19.8 Å². The molecule has 1 aliphatic heterocycles. The van der Waals surface area contributed by atoms with E-state index in [1.54, 1.807) is 48.5 Å². The van der Waals surface area contributed by atoms with Crippen molar-refractivity contribution in [3.63, 3.8) is 0 Å². The first-order valence-electron chi connectivity index (χ1n) is 8.30. The summed E-state index contributed by atoms with van der Waals surface area (Å²) in [4.78, 5) is 37.3. The summed E-state index contributed by atoms with van der Waals surface area (Å²) in [7, 11) is 3.04. The van der Waals surface area contributed by atoms with E-state index in [2.05, 4.69) is 5.43 Å². The molecule has 3 amide bonds. The molecule has 144 valence electrons. The summed E-state index contributed by atoms with van der Waals surface area (Å²) < 4.78 is 10.5. The molecular formula is C20H18N2O5S. The molecule has 1 N–H and O–H groups in total. The molecule has 3 rings (SSSR count). The monoisotopic (exact) mass is 398 g/mol. The summed E-state index contributed by atoms with van der Waals surface area (Å²) in [5.41, 5.74) is 4.32. The van der Waals surface area contributed by atoms with Gasteiger partial charge in [0, 0.05) is 17.2 Å². The molecular weight excluding hydrogens is 380 g/mol. The van der Waals surface area contributed by atoms with Crippen LogP contribution in [0.25, 0.3) is 6.08 Å². The number of nitrogens with zero attached hydrogens (tertiary/aromatic N) is 1. The third kappa shape index (κ3) is 4.01. The summed E-state index contributed by atoms with van der Waals surface area (Å²) in [5.74, 6) is -0.0405. The van der Waals surface area contributed by atoms with Crippen LogP contribution in [-0.4, -0.2) is 36.3 Å². The molecule has 0 saturated carbocycles. The van der Waals surface area contributed by atoms with Crippen LogP contribution in [0.5, 0.6) is 11.5 Å². The van der Waals surface area contributed by atoms with E-state index in [1.807, 2.05) is 6.92 Å². The lowest BCUT2D eigenvalue weighted by molar-refractivity contribution is -0.124. The Morgan fingerprint density at radius 1 is 1.07 bits per heavy atom. The second-order valence-electron chi connectivity index (χ2n) is 5.93. The van der Waals surface area contributed by atoms with Crippen molar-refractivity contribution in [3.8, 4) is 11.5 Å². The predicted octanol–water partition coefficient (Wildman–Crippen LogP) is 3.39. The highest BCUT2D eigenvalue weighted by atomic mass is 32.2. The normalized spacial score (nSPS) is 15.1. The van der Waals surface area contributed by atoms with E-state index in [4.69, 9.17) is 9.47 Å². The Kier molecular flexibility index (Phi) is 5.70. The molecule has 0 unspecified atom stereocenters. The van der Waals surface area contributed by atoms with Gasteiger partial charge in [0.1, 0.15) is 11.5 Å². The lowest BCUT2D eigenvalue weighted by Gasteiger charge is -2.13. The van der Waals surface area contributed by atoms with E-state index in [9.17, 15) is 14.4 Å². The summed E-state index contributed by atoms with van der Waals surface area (Å²) in [6.45, 7) is 1.90. The molecule has 8 heteroatoms. The van der Waals surface area contributed by atoms with Crippen molar-refractivity contribution in [1.29, 1.82) is 0 Å². The molecule has 2 aromatic carbocycles. The van der Waals surface area contributed by atoms with Crippen LogP contribution in [0.2, 0.25) is 0 Å². The maximum absolute atomic E-state index is 12.6. The van der Waals surface area contributed by atoms with Gasteiger partial charge in [-0.2, -0.15) is 5.01 Å². The third-order valence-electron chi connectivity index (χ3n) is 4.05. The van der Waals surface area contributed by atoms with Gasteiger partial charge in [-0.15, -0.1) is 0 Å². The molecule has 0 atom stereocenters. The highest BCUT2D eigenvalue weighted by Crippen LogP contribution is 2.34. The Balaban J connectivity index is 1.80. The Bertz CT molecular complexity index is 969. The molecule has 2 aromatic rings. The number of benzene rings is 2. The van der Waals surface area contributed by atoms with Gasteiger partial charge in [0.05, 0.1) is 19.1 Å². The van der Waals surface area contributed by atoms with Gasteiger partial charge in [-0.05, 0) is 49.0 Å². The molecule has 1 fully saturated rings. The topological polar surface area (TPSA) is 84.9 Å². The number of imide groups is 1. The number of rotatable bonds is 5. The Labute approximate surface area is 166 Å². The SMILES string of the molecule is COc1ccc(/C=C2/SC(=O)N(NC(=O)c3ccc(C)cc3)C2=O)c(OC)c1. The number of carbonyl (C=O) groups excluding carboxylic acids is 3. The summed E-state index contributed by atoms with van der Waals surface area (Å²) in [6.07, 6.45) is 1.54. The minimum atomic E-state index is -0.603. The number of nitrogens with one attached hydrogen (secondary N) is 1. The van der Waals surface area contributed by atoms with Gasteiger partial charge in [0.15, 0.2) is 0 Å². The lowest BCUT2D eigenvalue weighted by Crippen LogP contribution is -2.44. The van der Waals surface area contributed by atoms with Crippen molar-refractivity contribution in [2.24, 2.45) is 0 Å². The second kappa shape index (κ2) is 8.18. The predicted molar refractivity (Wildman–Crippen MR) is 106 cm³/mol. The molecule has 0 aliphatic carbocycles. The van der Waals surface area contributed by atoms with Crippen LogP contribution in [0.3, 0.4) is 0 Å². The fourth-order valence-electron chi connectivity index (χ4n) is 2.51. The number of thioether (sulfide) groups is 1. The fourth-order valence-corrected chi connectivity index (χ4v) is 3.29. The Hall–Kier alpha value is -3.26. The molecule has 0 spiro atoms. The molecule has 1 aliphatic rings. The number of hydrazine groups is 1. The van der Waals surface area contributed by atoms with Crippen molar-refractivity contribution >= 4 is 34.9 Å². The highest BCUT2D eigenvalue weighted by Gasteiger charge is 2.37. The first-order chi connectivity index (χ1) is 13.4. The number of ether oxygens (including phenoxy) is 2. The first-order valence-corrected chi connectivity index (χ1v) is 9.12. The molecule has 0 radical (unpaired) electrons. The van der Waals surface area contributed by atoms with Crippen molar-refractivity contribution in [1.82, 2.24) is 10.4 Å². The summed E-state index contributed by atoms with van der Waals surface area (Å²) in [6, 6.07) is 11.9. The first kappa shape index (κ1) is 19.5. The van der Waals surface area contributed by atoms with E-state index in [0.29, 0.717) is 27.6 Å². The number of methoxy groups -OCH3 is 2. The van der Waals surface area contributed by atoms with Crippen LogP contribution in [0.1, 0.15) is 21.5 Å². The van der Waals surface area contributed by atoms with E-state index < -0.39 is 17.1 Å². The van der Waals surface area contributed by atoms with Crippen LogP contribution < -0.4 is 14.9 Å². The molecule has 28 heavy (non-hydrogen) atoms. The van der Waals surface area contributed by atoms with Gasteiger partial charge >= 0.3 is 5.24 Å². The standard InChI is InChI=1S/C20H18N2O5S/c1-12-4-6-13(7-5-12)18(23)21-22-19(24)17(28-20(22)25)10-14-8-9-15(26-2)11-16(14)27-3/h4-11H,1-3H3,(H,21,23)/b17-10+. The minimum Gasteiger partial charge on any atom is -0.497 e. The number of amides is 3. The van der Waals surface area contributed by atoms with Crippen LogP contribution in [0, 0.1) is 6.92 Å². The molecule has 0 aromatic heterocycles. The van der Waals surface area contributed by atoms with Gasteiger partial charge in [0.2, 0.25) is 0 Å². The summed E-state index contributed by atoms with van der Waals surface area (Å²) in [5, 5.41) is 0.138. The number of aryl methyl sites for hydroxylation is 1. The van der Waals surface area contributed by atoms with E-state index in [-0.39, 0.29) is 4.91 Å². The third-order valence-corrected chi connectivity index (χ3v) is 4.92. The van der Waals surface area contributed by atoms with Crippen LogP contribution in [-0.2, 0) is 4.79 Å². The maximum Gasteiger partial charge on any atom is 0.312 e. The number of carbonyl (C=O) groups is 3. The van der Waals surface area contributed by atoms with Crippen molar-refractivity contribution in [2.45, 2.75) is 6.92 Å². The van der Waals surface area contributed by atoms with Gasteiger partial charge in [0.25, 0.3) is 11.8 Å². The lowest BCUT2D eigenvalue weighted by atomic mass is 10.1. The fraction of sp³-hybridized carbons (Fsp3) is 0.150. The highest BCUT2D eigenvalue weighted by molar-refractivity contribution is 8.18. The molecule has 0 bridgehead atoms. The smallest absolute Gasteiger partial charge is 0.312 e. The average Bonchev–Trinajstić information content (AvgIpc) is 2.96. The zero-order chi connectivity index (χ0) is 20.3. The molecule has 1 saturated heterocycles. The van der Waals surface area contributed by atoms with Crippen LogP contribution >= 0.6 is 11.8 Å². The van der Waals surface area contributed by atoms with Crippen molar-refractivity contribution < 1.29 is 23.9 Å². The van der Waals surface area contributed by atoms with E-state index in [0.717, 1.165) is 17.3 Å². The Morgan fingerprint density at radius 2 is 1.79 bits per heavy atom. The van der Waals surface area contributed by atoms with Gasteiger partial charge < -0.3 is 9.47 Å². The van der Waals surface area contributed by atoms with Gasteiger partial charge in [-0.25, -0.2) is 0 Å². The Morgan fingerprint density at radius 3 is 2.43 bits per heavy atom. The van der Waals surface area contributed by atoms with Gasteiger partial charge in [-0.1, -0.05) is 17.7 Å². The maximum atomic E-state index is 12.6. The van der Waals surface area contributed by atoms with Crippen molar-refractivity contribution in [2.75, 3.05) is 14.2 Å². The largest absolute Gasteiger partial charge is 0.497 e. The van der Waals surface area contributed by atoms with E-state index >= 15 is 0 Å². The average molecular weight is 398 g/mol. The quantitative estimate of drug-likeness (QED) is 0.777. The molecule has 7 nitrogen and oxygen atoms in total. The van der Waals surface area contributed by atoms with Crippen LogP contribution in [0.15, 0.2) is 47.4 Å². The summed E-state index contributed by atoms with van der Waals surface area (Å²) >= 11 is 0.742. The second-order valence-corrected chi connectivity index (χ2v) is 6.93. The zero-order valence-corrected chi connectivity index (χ0v) is 16.3. The number of hydrogen-bond acceptors (Lipinski definition) is 6. The van der Waals surface area contributed by atoms with E-state index in [1.165, 1.54) is 14.2 Å². The van der Waals surface area contributed by atoms with Crippen molar-refractivity contribution in [3.05, 3.63) is 64.1 Å². The zero-order valence-electron chi connectivity index (χ0n) is 15.5. The molecule has 1 heterocycles. The number of hydrogen-bond donors (Lipinski definition) is 1. The van der Waals surface area contributed by atoms with Crippen LogP contribution in [0.4, 0.5) is 4.79 Å². The minimum absolute atomic E-state index is 0.178.